The lowest BCUT2D eigenvalue weighted by Crippen LogP contribution is -1.72. The summed E-state index contributed by atoms with van der Waals surface area (Å²) in [5.41, 5.74) is 1.17. The highest BCUT2D eigenvalue weighted by molar-refractivity contribution is 9.10. The summed E-state index contributed by atoms with van der Waals surface area (Å²) in [6.45, 7) is 2.01. The molecule has 5 heteroatoms. The van der Waals surface area contributed by atoms with Gasteiger partial charge in [-0.25, -0.2) is 0 Å². The van der Waals surface area contributed by atoms with Crippen LogP contribution in [0.25, 0.3) is 0 Å². The standard InChI is InChI=1S/C7H6BrCl.3FH/c1-5-4-6(9)2-3-7(5)8;;;/h2-4H,1H3;3*1H. The molecular formula is C7H9BrClF3. The van der Waals surface area contributed by atoms with Crippen LogP contribution in [0.3, 0.4) is 0 Å². The number of hydrogen-bond acceptors (Lipinski definition) is 0. The van der Waals surface area contributed by atoms with Crippen molar-refractivity contribution in [2.75, 3.05) is 0 Å². The fourth-order valence-corrected chi connectivity index (χ4v) is 1.08. The van der Waals surface area contributed by atoms with E-state index in [4.69, 9.17) is 11.6 Å². The summed E-state index contributed by atoms with van der Waals surface area (Å²) in [5.74, 6) is 0. The molecule has 0 saturated carbocycles. The van der Waals surface area contributed by atoms with Gasteiger partial charge in [0.15, 0.2) is 0 Å². The lowest BCUT2D eigenvalue weighted by Gasteiger charge is -1.95. The summed E-state index contributed by atoms with van der Waals surface area (Å²) >= 11 is 9.07. The molecule has 0 aliphatic heterocycles. The van der Waals surface area contributed by atoms with Crippen molar-refractivity contribution in [3.63, 3.8) is 0 Å². The SMILES string of the molecule is Cc1cc(Cl)ccc1Br.F.F.F. The highest BCUT2D eigenvalue weighted by Crippen LogP contribution is 2.19. The van der Waals surface area contributed by atoms with Gasteiger partial charge in [-0.15, -0.1) is 0 Å². The molecule has 72 valence electrons. The zero-order chi connectivity index (χ0) is 6.85. The van der Waals surface area contributed by atoms with Gasteiger partial charge in [-0.1, -0.05) is 27.5 Å². The fraction of sp³-hybridized carbons (Fsp3) is 0.143. The smallest absolute Gasteiger partial charge is 0.0409 e. The van der Waals surface area contributed by atoms with E-state index in [1.54, 1.807) is 0 Å². The Hall–Kier alpha value is -0.220. The third-order valence-electron chi connectivity index (χ3n) is 1.12. The predicted octanol–water partition coefficient (Wildman–Crippen LogP) is 3.87. The maximum atomic E-state index is 5.70. The number of rotatable bonds is 0. The van der Waals surface area contributed by atoms with Crippen LogP contribution in [0, 0.1) is 6.92 Å². The van der Waals surface area contributed by atoms with Gasteiger partial charge >= 0.3 is 0 Å². The van der Waals surface area contributed by atoms with E-state index < -0.39 is 0 Å². The Morgan fingerprint density at radius 3 is 2.00 bits per heavy atom. The van der Waals surface area contributed by atoms with Crippen LogP contribution in [-0.2, 0) is 0 Å². The maximum Gasteiger partial charge on any atom is 0.0409 e. The molecule has 0 heterocycles. The predicted molar refractivity (Wildman–Crippen MR) is 51.4 cm³/mol. The Balaban J connectivity index is -0.000000270. The number of halogens is 5. The van der Waals surface area contributed by atoms with Crippen molar-refractivity contribution >= 4 is 27.5 Å². The molecule has 1 aromatic rings. The first kappa shape index (κ1) is 17.8. The van der Waals surface area contributed by atoms with E-state index in [2.05, 4.69) is 15.9 Å². The molecule has 0 amide bonds. The van der Waals surface area contributed by atoms with Crippen molar-refractivity contribution < 1.29 is 14.1 Å². The molecule has 1 aromatic carbocycles. The van der Waals surface area contributed by atoms with Crippen LogP contribution < -0.4 is 0 Å². The molecular weight excluding hydrogens is 256 g/mol. The topological polar surface area (TPSA) is 0 Å². The third kappa shape index (κ3) is 4.62. The van der Waals surface area contributed by atoms with E-state index in [0.29, 0.717) is 0 Å². The van der Waals surface area contributed by atoms with Crippen LogP contribution in [0.15, 0.2) is 22.7 Å². The molecule has 0 nitrogen and oxygen atoms in total. The molecule has 0 bridgehead atoms. The van der Waals surface area contributed by atoms with Gasteiger partial charge in [0, 0.05) is 9.50 Å². The lowest BCUT2D eigenvalue weighted by atomic mass is 10.2. The first-order valence-electron chi connectivity index (χ1n) is 2.62. The lowest BCUT2D eigenvalue weighted by molar-refractivity contribution is 1.11. The first-order chi connectivity index (χ1) is 4.20. The van der Waals surface area contributed by atoms with Crippen LogP contribution in [0.1, 0.15) is 5.56 Å². The summed E-state index contributed by atoms with van der Waals surface area (Å²) in [5, 5.41) is 0.788. The van der Waals surface area contributed by atoms with Crippen molar-refractivity contribution in [3.05, 3.63) is 33.3 Å². The molecule has 0 aliphatic carbocycles. The van der Waals surface area contributed by atoms with Crippen LogP contribution in [0.5, 0.6) is 0 Å². The van der Waals surface area contributed by atoms with Gasteiger partial charge < -0.3 is 0 Å². The third-order valence-corrected chi connectivity index (χ3v) is 2.24. The van der Waals surface area contributed by atoms with Crippen molar-refractivity contribution in [2.45, 2.75) is 6.92 Å². The molecule has 0 N–H and O–H groups in total. The summed E-state index contributed by atoms with van der Waals surface area (Å²) in [7, 11) is 0. The Bertz CT molecular complexity index is 230. The molecule has 0 aromatic heterocycles. The molecule has 12 heavy (non-hydrogen) atoms. The minimum absolute atomic E-state index is 0. The summed E-state index contributed by atoms with van der Waals surface area (Å²) < 4.78 is 1.10. The molecule has 0 unspecified atom stereocenters. The van der Waals surface area contributed by atoms with Crippen molar-refractivity contribution in [3.8, 4) is 0 Å². The van der Waals surface area contributed by atoms with Crippen molar-refractivity contribution in [2.24, 2.45) is 0 Å². The van der Waals surface area contributed by atoms with E-state index in [1.165, 1.54) is 5.56 Å². The second kappa shape index (κ2) is 7.43. The van der Waals surface area contributed by atoms with Gasteiger partial charge in [-0.05, 0) is 30.7 Å². The largest absolute Gasteiger partial charge is 0.269 e. The van der Waals surface area contributed by atoms with Crippen LogP contribution in [0.2, 0.25) is 5.02 Å². The van der Waals surface area contributed by atoms with Gasteiger partial charge in [-0.3, -0.25) is 14.1 Å². The minimum atomic E-state index is 0. The second-order valence-corrected chi connectivity index (χ2v) is 3.18. The van der Waals surface area contributed by atoms with E-state index in [9.17, 15) is 0 Å². The minimum Gasteiger partial charge on any atom is -0.269 e. The second-order valence-electron chi connectivity index (χ2n) is 1.89. The van der Waals surface area contributed by atoms with Crippen LogP contribution in [0.4, 0.5) is 14.1 Å². The van der Waals surface area contributed by atoms with Gasteiger partial charge in [0.25, 0.3) is 0 Å². The Morgan fingerprint density at radius 2 is 1.67 bits per heavy atom. The van der Waals surface area contributed by atoms with Gasteiger partial charge in [-0.2, -0.15) is 0 Å². The first-order valence-corrected chi connectivity index (χ1v) is 3.79. The Morgan fingerprint density at radius 1 is 1.17 bits per heavy atom. The number of hydrogen-bond donors (Lipinski definition) is 0. The zero-order valence-corrected chi connectivity index (χ0v) is 8.55. The van der Waals surface area contributed by atoms with Gasteiger partial charge in [0.1, 0.15) is 0 Å². The van der Waals surface area contributed by atoms with E-state index in [-0.39, 0.29) is 14.1 Å². The maximum absolute atomic E-state index is 5.70. The molecule has 0 aliphatic rings. The molecule has 0 fully saturated rings. The average Bonchev–Trinajstić information content (AvgIpc) is 1.80. The van der Waals surface area contributed by atoms with Crippen molar-refractivity contribution in [1.29, 1.82) is 0 Å². The quantitative estimate of drug-likeness (QED) is 0.668. The monoisotopic (exact) mass is 264 g/mol. The van der Waals surface area contributed by atoms with Crippen LogP contribution >= 0.6 is 27.5 Å². The Labute approximate surface area is 82.2 Å². The summed E-state index contributed by atoms with van der Waals surface area (Å²) in [6.07, 6.45) is 0. The molecule has 0 spiro atoms. The molecule has 0 atom stereocenters. The normalized spacial score (nSPS) is 7.25. The highest BCUT2D eigenvalue weighted by Gasteiger charge is 1.92. The zero-order valence-electron chi connectivity index (χ0n) is 6.21. The van der Waals surface area contributed by atoms with E-state index in [0.717, 1.165) is 9.50 Å². The number of aryl methyl sites for hydroxylation is 1. The van der Waals surface area contributed by atoms with E-state index in [1.807, 2.05) is 25.1 Å². The fourth-order valence-electron chi connectivity index (χ4n) is 0.608. The molecule has 0 radical (unpaired) electrons. The van der Waals surface area contributed by atoms with Gasteiger partial charge in [0.2, 0.25) is 0 Å². The molecule has 1 rings (SSSR count). The number of benzene rings is 1. The summed E-state index contributed by atoms with van der Waals surface area (Å²) in [6, 6.07) is 5.72. The highest BCUT2D eigenvalue weighted by atomic mass is 79.9. The average molecular weight is 265 g/mol. The summed E-state index contributed by atoms with van der Waals surface area (Å²) in [4.78, 5) is 0. The van der Waals surface area contributed by atoms with Crippen molar-refractivity contribution in [1.82, 2.24) is 0 Å². The van der Waals surface area contributed by atoms with Gasteiger partial charge in [0.05, 0.1) is 0 Å². The van der Waals surface area contributed by atoms with E-state index >= 15 is 0 Å². The molecule has 0 saturated heterocycles. The Kier molecular flexibility index (Phi) is 11.0. The van der Waals surface area contributed by atoms with Crippen LogP contribution in [-0.4, -0.2) is 0 Å².